The van der Waals surface area contributed by atoms with Gasteiger partial charge in [0, 0.05) is 18.6 Å². The van der Waals surface area contributed by atoms with E-state index in [9.17, 15) is 5.11 Å². The maximum Gasteiger partial charge on any atom is 0.0922 e. The highest BCUT2D eigenvalue weighted by molar-refractivity contribution is 5.45. The molecule has 1 aliphatic rings. The molecule has 1 fully saturated rings. The van der Waals surface area contributed by atoms with E-state index in [1.54, 1.807) is 0 Å². The molecule has 2 rings (SSSR count). The fourth-order valence-corrected chi connectivity index (χ4v) is 3.87. The molecule has 0 amide bonds. The van der Waals surface area contributed by atoms with E-state index in [1.807, 2.05) is 0 Å². The smallest absolute Gasteiger partial charge is 0.0922 e. The van der Waals surface area contributed by atoms with Gasteiger partial charge in [-0.05, 0) is 82.2 Å². The summed E-state index contributed by atoms with van der Waals surface area (Å²) >= 11 is 0. The second kappa shape index (κ2) is 6.50. The lowest BCUT2D eigenvalue weighted by atomic mass is 9.89. The van der Waals surface area contributed by atoms with Crippen LogP contribution in [-0.2, 0) is 0 Å². The van der Waals surface area contributed by atoms with Crippen LogP contribution in [0.3, 0.4) is 0 Å². The molecule has 2 nitrogen and oxygen atoms in total. The van der Waals surface area contributed by atoms with Crippen LogP contribution in [0.15, 0.2) is 6.07 Å². The monoisotopic (exact) mass is 289 g/mol. The van der Waals surface area contributed by atoms with Gasteiger partial charge in [-0.1, -0.05) is 12.5 Å². The molecule has 1 aliphatic heterocycles. The standard InChI is InChI=1S/C19H31NO/c1-12-10-13(2)17(6)19(16(12)5)18(21)11-20-14(3)8-7-9-15(20)4/h10,14-15,18,21H,7-9,11H2,1-6H3. The summed E-state index contributed by atoms with van der Waals surface area (Å²) in [6.45, 7) is 13.9. The van der Waals surface area contributed by atoms with E-state index in [2.05, 4.69) is 52.5 Å². The third-order valence-electron chi connectivity index (χ3n) is 5.52. The van der Waals surface area contributed by atoms with Crippen molar-refractivity contribution in [2.75, 3.05) is 6.54 Å². The Morgan fingerprint density at radius 3 is 2.00 bits per heavy atom. The highest BCUT2D eigenvalue weighted by Crippen LogP contribution is 2.30. The van der Waals surface area contributed by atoms with Gasteiger partial charge in [-0.15, -0.1) is 0 Å². The van der Waals surface area contributed by atoms with E-state index in [4.69, 9.17) is 0 Å². The Hall–Kier alpha value is -0.860. The average Bonchev–Trinajstić information content (AvgIpc) is 2.41. The van der Waals surface area contributed by atoms with Crippen LogP contribution in [0.1, 0.15) is 67.0 Å². The number of likely N-dealkylation sites (tertiary alicyclic amines) is 1. The Bertz CT molecular complexity index is 473. The number of aryl methyl sites for hydroxylation is 2. The van der Waals surface area contributed by atoms with Crippen molar-refractivity contribution in [2.45, 2.75) is 79.0 Å². The average molecular weight is 289 g/mol. The topological polar surface area (TPSA) is 23.5 Å². The molecular weight excluding hydrogens is 258 g/mol. The third kappa shape index (κ3) is 3.32. The van der Waals surface area contributed by atoms with Crippen LogP contribution < -0.4 is 0 Å². The van der Waals surface area contributed by atoms with Gasteiger partial charge in [-0.2, -0.15) is 0 Å². The molecule has 0 radical (unpaired) electrons. The molecule has 0 aromatic heterocycles. The zero-order valence-electron chi connectivity index (χ0n) is 14.5. The summed E-state index contributed by atoms with van der Waals surface area (Å²) in [5.74, 6) is 0. The van der Waals surface area contributed by atoms with Crippen LogP contribution in [0, 0.1) is 27.7 Å². The minimum atomic E-state index is -0.383. The molecule has 118 valence electrons. The van der Waals surface area contributed by atoms with Crippen LogP contribution in [0.4, 0.5) is 0 Å². The third-order valence-corrected chi connectivity index (χ3v) is 5.52. The molecule has 1 N–H and O–H groups in total. The fourth-order valence-electron chi connectivity index (χ4n) is 3.87. The Morgan fingerprint density at radius 1 is 1.05 bits per heavy atom. The predicted octanol–water partition coefficient (Wildman–Crippen LogP) is 4.22. The first kappa shape index (κ1) is 16.5. The largest absolute Gasteiger partial charge is 0.387 e. The molecule has 1 saturated heterocycles. The highest BCUT2D eigenvalue weighted by atomic mass is 16.3. The van der Waals surface area contributed by atoms with Gasteiger partial charge in [0.05, 0.1) is 6.10 Å². The van der Waals surface area contributed by atoms with Crippen molar-refractivity contribution in [1.29, 1.82) is 0 Å². The van der Waals surface area contributed by atoms with E-state index in [0.29, 0.717) is 12.1 Å². The Labute approximate surface area is 130 Å². The number of hydrogen-bond donors (Lipinski definition) is 1. The predicted molar refractivity (Wildman–Crippen MR) is 89.8 cm³/mol. The first-order valence-corrected chi connectivity index (χ1v) is 8.34. The van der Waals surface area contributed by atoms with Gasteiger partial charge in [-0.3, -0.25) is 4.90 Å². The fraction of sp³-hybridized carbons (Fsp3) is 0.684. The number of nitrogens with zero attached hydrogens (tertiary/aromatic N) is 1. The normalized spacial score (nSPS) is 25.1. The lowest BCUT2D eigenvalue weighted by Gasteiger charge is -2.40. The second-order valence-corrected chi connectivity index (χ2v) is 7.02. The van der Waals surface area contributed by atoms with Crippen LogP contribution in [0.2, 0.25) is 0 Å². The lowest BCUT2D eigenvalue weighted by molar-refractivity contribution is 0.0406. The summed E-state index contributed by atoms with van der Waals surface area (Å²) < 4.78 is 0. The molecule has 3 atom stereocenters. The molecule has 0 saturated carbocycles. The van der Waals surface area contributed by atoms with E-state index in [-0.39, 0.29) is 6.10 Å². The van der Waals surface area contributed by atoms with E-state index in [0.717, 1.165) is 12.1 Å². The van der Waals surface area contributed by atoms with Crippen molar-refractivity contribution in [3.63, 3.8) is 0 Å². The number of hydrogen-bond acceptors (Lipinski definition) is 2. The summed E-state index contributed by atoms with van der Waals surface area (Å²) in [5.41, 5.74) is 6.22. The van der Waals surface area contributed by atoms with Gasteiger partial charge in [0.25, 0.3) is 0 Å². The quantitative estimate of drug-likeness (QED) is 0.900. The molecule has 2 heteroatoms. The van der Waals surface area contributed by atoms with Crippen molar-refractivity contribution in [2.24, 2.45) is 0 Å². The lowest BCUT2D eigenvalue weighted by Crippen LogP contribution is -2.45. The molecule has 1 aromatic rings. The van der Waals surface area contributed by atoms with Crippen molar-refractivity contribution < 1.29 is 5.11 Å². The Balaban J connectivity index is 2.26. The summed E-state index contributed by atoms with van der Waals surface area (Å²) in [7, 11) is 0. The number of benzene rings is 1. The maximum absolute atomic E-state index is 10.9. The van der Waals surface area contributed by atoms with Crippen LogP contribution in [-0.4, -0.2) is 28.6 Å². The molecule has 21 heavy (non-hydrogen) atoms. The van der Waals surface area contributed by atoms with Gasteiger partial charge < -0.3 is 5.11 Å². The van der Waals surface area contributed by atoms with Crippen LogP contribution in [0.25, 0.3) is 0 Å². The zero-order valence-corrected chi connectivity index (χ0v) is 14.5. The van der Waals surface area contributed by atoms with E-state index in [1.165, 1.54) is 41.5 Å². The minimum absolute atomic E-state index is 0.383. The van der Waals surface area contributed by atoms with Gasteiger partial charge >= 0.3 is 0 Å². The first-order chi connectivity index (χ1) is 9.82. The number of piperidine rings is 1. The van der Waals surface area contributed by atoms with E-state index >= 15 is 0 Å². The number of aliphatic hydroxyl groups excluding tert-OH is 1. The van der Waals surface area contributed by atoms with Crippen LogP contribution in [0.5, 0.6) is 0 Å². The number of β-amino-alcohol motifs (C(OH)–C–C–N with tert-alkyl or cyclic N) is 1. The van der Waals surface area contributed by atoms with E-state index < -0.39 is 0 Å². The highest BCUT2D eigenvalue weighted by Gasteiger charge is 2.28. The molecule has 0 aliphatic carbocycles. The Morgan fingerprint density at radius 2 is 1.52 bits per heavy atom. The second-order valence-electron chi connectivity index (χ2n) is 7.02. The molecule has 1 heterocycles. The number of aliphatic hydroxyl groups is 1. The molecule has 0 bridgehead atoms. The molecule has 1 aromatic carbocycles. The maximum atomic E-state index is 10.9. The minimum Gasteiger partial charge on any atom is -0.387 e. The van der Waals surface area contributed by atoms with Gasteiger partial charge in [-0.25, -0.2) is 0 Å². The van der Waals surface area contributed by atoms with Crippen molar-refractivity contribution in [3.05, 3.63) is 33.9 Å². The Kier molecular flexibility index (Phi) is 5.11. The van der Waals surface area contributed by atoms with Gasteiger partial charge in [0.1, 0.15) is 0 Å². The molecular formula is C19H31NO. The molecule has 0 spiro atoms. The summed E-state index contributed by atoms with van der Waals surface area (Å²) in [6, 6.07) is 3.39. The van der Waals surface area contributed by atoms with Crippen molar-refractivity contribution in [1.82, 2.24) is 4.90 Å². The number of rotatable bonds is 3. The summed E-state index contributed by atoms with van der Waals surface area (Å²) in [4.78, 5) is 2.49. The van der Waals surface area contributed by atoms with Crippen molar-refractivity contribution in [3.8, 4) is 0 Å². The van der Waals surface area contributed by atoms with Gasteiger partial charge in [0.2, 0.25) is 0 Å². The van der Waals surface area contributed by atoms with Gasteiger partial charge in [0.15, 0.2) is 0 Å². The summed E-state index contributed by atoms with van der Waals surface area (Å²) in [5, 5.41) is 10.9. The zero-order chi connectivity index (χ0) is 15.7. The molecule has 3 unspecified atom stereocenters. The SMILES string of the molecule is Cc1cc(C)c(C)c(C(O)CN2C(C)CCCC2C)c1C. The van der Waals surface area contributed by atoms with Crippen molar-refractivity contribution >= 4 is 0 Å². The first-order valence-electron chi connectivity index (χ1n) is 8.34. The van der Waals surface area contributed by atoms with Crippen LogP contribution >= 0.6 is 0 Å². The summed E-state index contributed by atoms with van der Waals surface area (Å²) in [6.07, 6.45) is 3.44.